The molecule has 0 heterocycles. The van der Waals surface area contributed by atoms with Gasteiger partial charge in [0.25, 0.3) is 0 Å². The maximum Gasteiger partial charge on any atom is 0.134 e. The second kappa shape index (κ2) is 7.94. The highest BCUT2D eigenvalue weighted by Crippen LogP contribution is 2.33. The van der Waals surface area contributed by atoms with Gasteiger partial charge < -0.3 is 9.47 Å². The van der Waals surface area contributed by atoms with Gasteiger partial charge in [-0.05, 0) is 64.8 Å². The molecule has 0 aromatic heterocycles. The van der Waals surface area contributed by atoms with Crippen molar-refractivity contribution in [1.82, 2.24) is 0 Å². The van der Waals surface area contributed by atoms with E-state index < -0.39 is 0 Å². The fourth-order valence-corrected chi connectivity index (χ4v) is 3.06. The second-order valence-corrected chi connectivity index (χ2v) is 9.68. The molecule has 3 aromatic carbocycles. The van der Waals surface area contributed by atoms with Crippen molar-refractivity contribution in [3.05, 3.63) is 83.4 Å². The van der Waals surface area contributed by atoms with Gasteiger partial charge in [-0.3, -0.25) is 0 Å². The highest BCUT2D eigenvalue weighted by atomic mass is 16.5. The third kappa shape index (κ3) is 5.41. The fraction of sp³-hybridized carbons (Fsp3) is 0.333. The maximum atomic E-state index is 6.14. The molecular formula is C27H32O2. The molecule has 3 rings (SSSR count). The van der Waals surface area contributed by atoms with Crippen molar-refractivity contribution in [2.45, 2.75) is 59.3 Å². The monoisotopic (exact) mass is 388 g/mol. The minimum Gasteiger partial charge on any atom is -0.457 e. The lowest BCUT2D eigenvalue weighted by atomic mass is 9.87. The van der Waals surface area contributed by atoms with Crippen LogP contribution in [-0.2, 0) is 10.8 Å². The van der Waals surface area contributed by atoms with Gasteiger partial charge in [0.05, 0.1) is 0 Å². The maximum absolute atomic E-state index is 6.14. The zero-order valence-electron chi connectivity index (χ0n) is 18.7. The molecule has 0 atom stereocenters. The summed E-state index contributed by atoms with van der Waals surface area (Å²) in [6.45, 7) is 15.3. The van der Waals surface area contributed by atoms with Crippen molar-refractivity contribution in [3.63, 3.8) is 0 Å². The predicted octanol–water partition coefficient (Wildman–Crippen LogP) is 8.17. The molecule has 29 heavy (non-hydrogen) atoms. The largest absolute Gasteiger partial charge is 0.457 e. The van der Waals surface area contributed by atoms with Gasteiger partial charge in [0.1, 0.15) is 23.0 Å². The molecule has 0 radical (unpaired) electrons. The summed E-state index contributed by atoms with van der Waals surface area (Å²) in [6.07, 6.45) is 0. The molecule has 2 heteroatoms. The Balaban J connectivity index is 1.76. The number of rotatable bonds is 4. The summed E-state index contributed by atoms with van der Waals surface area (Å²) in [6, 6.07) is 22.5. The SMILES string of the molecule is Cc1ccc(Oc2ccc(C(C)(C)C)cc2)cc1Oc1ccc(C(C)(C)C)cc1. The molecule has 0 unspecified atom stereocenters. The number of aryl methyl sites for hydroxylation is 1. The van der Waals surface area contributed by atoms with Gasteiger partial charge >= 0.3 is 0 Å². The Hall–Kier alpha value is -2.74. The smallest absolute Gasteiger partial charge is 0.134 e. The van der Waals surface area contributed by atoms with Crippen LogP contribution in [0.3, 0.4) is 0 Å². The van der Waals surface area contributed by atoms with Crippen molar-refractivity contribution in [2.24, 2.45) is 0 Å². The van der Waals surface area contributed by atoms with Gasteiger partial charge in [0, 0.05) is 6.07 Å². The number of hydrogen-bond donors (Lipinski definition) is 0. The van der Waals surface area contributed by atoms with Gasteiger partial charge in [0.2, 0.25) is 0 Å². The molecule has 0 spiro atoms. The summed E-state index contributed by atoms with van der Waals surface area (Å²) in [5.74, 6) is 3.22. The highest BCUT2D eigenvalue weighted by molar-refractivity contribution is 5.45. The van der Waals surface area contributed by atoms with Crippen LogP contribution >= 0.6 is 0 Å². The van der Waals surface area contributed by atoms with Gasteiger partial charge in [-0.2, -0.15) is 0 Å². The van der Waals surface area contributed by atoms with E-state index in [0.29, 0.717) is 0 Å². The lowest BCUT2D eigenvalue weighted by Gasteiger charge is -2.19. The van der Waals surface area contributed by atoms with Crippen LogP contribution in [0.1, 0.15) is 58.2 Å². The first-order valence-electron chi connectivity index (χ1n) is 10.2. The average molecular weight is 389 g/mol. The van der Waals surface area contributed by atoms with Crippen molar-refractivity contribution in [2.75, 3.05) is 0 Å². The van der Waals surface area contributed by atoms with Gasteiger partial charge in [-0.25, -0.2) is 0 Å². The molecule has 0 saturated carbocycles. The van der Waals surface area contributed by atoms with E-state index >= 15 is 0 Å². The molecule has 0 bridgehead atoms. The molecule has 0 N–H and O–H groups in total. The molecule has 0 aliphatic rings. The third-order valence-corrected chi connectivity index (χ3v) is 5.06. The van der Waals surface area contributed by atoms with Crippen molar-refractivity contribution in [3.8, 4) is 23.0 Å². The third-order valence-electron chi connectivity index (χ3n) is 5.06. The van der Waals surface area contributed by atoms with Crippen molar-refractivity contribution < 1.29 is 9.47 Å². The van der Waals surface area contributed by atoms with E-state index in [1.165, 1.54) is 11.1 Å². The Morgan fingerprint density at radius 3 is 1.38 bits per heavy atom. The van der Waals surface area contributed by atoms with E-state index in [1.54, 1.807) is 0 Å². The number of hydrogen-bond acceptors (Lipinski definition) is 2. The van der Waals surface area contributed by atoms with E-state index in [2.05, 4.69) is 65.8 Å². The standard InChI is InChI=1S/C27H32O2/c1-19-8-13-24(28-22-14-9-20(10-15-22)26(2,3)4)18-25(19)29-23-16-11-21(12-17-23)27(5,6)7/h8-18H,1-7H3. The molecule has 0 amide bonds. The Labute approximate surface area is 175 Å². The van der Waals surface area contributed by atoms with Crippen molar-refractivity contribution in [1.29, 1.82) is 0 Å². The Bertz CT molecular complexity index is 953. The van der Waals surface area contributed by atoms with Crippen LogP contribution in [0.25, 0.3) is 0 Å². The van der Waals surface area contributed by atoms with E-state index in [4.69, 9.17) is 9.47 Å². The normalized spacial score (nSPS) is 12.0. The summed E-state index contributed by atoms with van der Waals surface area (Å²) in [4.78, 5) is 0. The molecule has 0 saturated heterocycles. The lowest BCUT2D eigenvalue weighted by molar-refractivity contribution is 0.457. The van der Waals surface area contributed by atoms with E-state index in [9.17, 15) is 0 Å². The highest BCUT2D eigenvalue weighted by Gasteiger charge is 2.14. The van der Waals surface area contributed by atoms with Crippen LogP contribution in [0, 0.1) is 6.92 Å². The first-order chi connectivity index (χ1) is 13.5. The Morgan fingerprint density at radius 1 is 0.517 bits per heavy atom. The molecule has 0 aliphatic heterocycles. The molecular weight excluding hydrogens is 356 g/mol. The van der Waals surface area contributed by atoms with Gasteiger partial charge in [0.15, 0.2) is 0 Å². The second-order valence-electron chi connectivity index (χ2n) is 9.68. The molecule has 3 aromatic rings. The predicted molar refractivity (Wildman–Crippen MR) is 122 cm³/mol. The first-order valence-corrected chi connectivity index (χ1v) is 10.2. The number of benzene rings is 3. The van der Waals surface area contributed by atoms with Crippen LogP contribution in [-0.4, -0.2) is 0 Å². The van der Waals surface area contributed by atoms with Crippen LogP contribution in [0.5, 0.6) is 23.0 Å². The minimum absolute atomic E-state index is 0.130. The topological polar surface area (TPSA) is 18.5 Å². The van der Waals surface area contributed by atoms with E-state index in [-0.39, 0.29) is 10.8 Å². The summed E-state index contributed by atoms with van der Waals surface area (Å²) in [5.41, 5.74) is 3.91. The minimum atomic E-state index is 0.130. The summed E-state index contributed by atoms with van der Waals surface area (Å²) in [7, 11) is 0. The van der Waals surface area contributed by atoms with Gasteiger partial charge in [-0.15, -0.1) is 0 Å². The summed E-state index contributed by atoms with van der Waals surface area (Å²) in [5, 5.41) is 0. The Kier molecular flexibility index (Phi) is 5.75. The Morgan fingerprint density at radius 2 is 0.931 bits per heavy atom. The van der Waals surface area contributed by atoms with Crippen LogP contribution in [0.4, 0.5) is 0 Å². The zero-order valence-corrected chi connectivity index (χ0v) is 18.7. The van der Waals surface area contributed by atoms with Crippen molar-refractivity contribution >= 4 is 0 Å². The summed E-state index contributed by atoms with van der Waals surface area (Å²) < 4.78 is 12.2. The van der Waals surface area contributed by atoms with Crippen LogP contribution in [0.2, 0.25) is 0 Å². The van der Waals surface area contributed by atoms with E-state index in [0.717, 1.165) is 28.6 Å². The first kappa shape index (κ1) is 21.0. The van der Waals surface area contributed by atoms with Crippen LogP contribution < -0.4 is 9.47 Å². The quantitative estimate of drug-likeness (QED) is 0.448. The lowest BCUT2D eigenvalue weighted by Crippen LogP contribution is -2.10. The molecule has 152 valence electrons. The van der Waals surface area contributed by atoms with E-state index in [1.807, 2.05) is 49.4 Å². The zero-order chi connectivity index (χ0) is 21.2. The average Bonchev–Trinajstić information content (AvgIpc) is 2.64. The number of ether oxygens (including phenoxy) is 2. The molecule has 0 fully saturated rings. The summed E-state index contributed by atoms with van der Waals surface area (Å²) >= 11 is 0. The van der Waals surface area contributed by atoms with Gasteiger partial charge in [-0.1, -0.05) is 71.9 Å². The van der Waals surface area contributed by atoms with Crippen LogP contribution in [0.15, 0.2) is 66.7 Å². The molecule has 0 aliphatic carbocycles. The fourth-order valence-electron chi connectivity index (χ4n) is 3.06. The molecule has 2 nitrogen and oxygen atoms in total.